The number of rotatable bonds is 61. The molecule has 43 heteroatoms. The lowest BCUT2D eigenvalue weighted by molar-refractivity contribution is -0.141. The summed E-state index contributed by atoms with van der Waals surface area (Å²) in [5.41, 5.74) is -3.24. The maximum absolute atomic E-state index is 14.6. The van der Waals surface area contributed by atoms with E-state index in [0.29, 0.717) is 98.4 Å². The maximum Gasteiger partial charge on any atom is 0.399 e. The van der Waals surface area contributed by atoms with Crippen molar-refractivity contribution in [1.29, 1.82) is 0 Å². The Morgan fingerprint density at radius 2 is 1.10 bits per heavy atom. The molecule has 0 aromatic heterocycles. The number of carboxylic acid groups (broad SMARTS) is 1. The van der Waals surface area contributed by atoms with Gasteiger partial charge in [0.05, 0.1) is 27.5 Å². The number of imide groups is 1. The minimum atomic E-state index is -6.01. The van der Waals surface area contributed by atoms with E-state index in [1.54, 1.807) is 12.1 Å². The summed E-state index contributed by atoms with van der Waals surface area (Å²) in [5.74, 6) is -7.97. The minimum absolute atomic E-state index is 0.000968. The van der Waals surface area contributed by atoms with E-state index in [-0.39, 0.29) is 106 Å². The molecule has 0 radical (unpaired) electrons. The molecule has 133 heavy (non-hydrogen) atoms. The van der Waals surface area contributed by atoms with Crippen LogP contribution < -0.4 is 57.2 Å². The standard InChI is InChI=1S/C90H125F4N11O23P2S3/c1-6-11-12-13-14-15-16-17-18-19-20-26-49-96-85(113)70(30-25-28-51-98-132(123,124)66-44-47-69(77(56-66)133(125,126)127)83-67-45-42-64(103(7-2)8-3)54-74(67)128-75-55-65(43-46-68(75)83)104(9-4)10-5)99-78(106)32-24-22-29-52-105-81(109)58-76(88(105)116)131-59-73(84(95)112)101-79(107)31-23-21-27-50-97-86(114)71(53-61-35-40-63(41-36-61)90(93,94)130(120,121)122)102-87(115)72(57-82(110)111)100-80(108)48-37-60-33-38-62(39-34-60)89(91,92)129(117,118)119/h33-36,38-47,54-56,70-73,76,98H,6-32,37,48-53,57-59H2,1-5H3,(H13-,95,96,97,99,100,101,102,106,107,108,110,111,112,113,114,115,117,118,119,120,121,122,125,126,127)/t70-,71+,72+,73+,76?/m1/s1. The van der Waals surface area contributed by atoms with E-state index in [0.717, 1.165) is 95.9 Å². The lowest BCUT2D eigenvalue weighted by Crippen LogP contribution is -2.55. The van der Waals surface area contributed by atoms with Crippen molar-refractivity contribution in [3.8, 4) is 22.5 Å². The lowest BCUT2D eigenvalue weighted by atomic mass is 9.93. The number of fused-ring (bicyclic) bond motifs is 2. The zero-order chi connectivity index (χ0) is 98.0. The summed E-state index contributed by atoms with van der Waals surface area (Å²) >= 11 is 0.934. The van der Waals surface area contributed by atoms with Crippen LogP contribution in [0.2, 0.25) is 0 Å². The summed E-state index contributed by atoms with van der Waals surface area (Å²) in [5, 5.41) is 25.5. The number of nitrogens with two attached hydrogens (primary N) is 1. The number of carbonyl (C=O) groups excluding carboxylic acids is 9. The molecule has 9 amide bonds. The number of thioether (sulfide) groups is 1. The Labute approximate surface area is 776 Å². The number of hydrogen-bond acceptors (Lipinski definition) is 20. The Balaban J connectivity index is 0.884. The summed E-state index contributed by atoms with van der Waals surface area (Å²) < 4.78 is 160. The fourth-order valence-corrected chi connectivity index (χ4v) is 19.5. The molecule has 1 unspecified atom stereocenters. The number of likely N-dealkylation sites (tertiary alicyclic amines) is 1. The molecule has 3 aliphatic rings. The van der Waals surface area contributed by atoms with Crippen LogP contribution in [0.4, 0.5) is 23.2 Å². The summed E-state index contributed by atoms with van der Waals surface area (Å²) in [6.45, 7) is 13.1. The number of nitrogens with zero attached hydrogens (tertiary/aromatic N) is 3. The third kappa shape index (κ3) is 33.5. The zero-order valence-electron chi connectivity index (χ0n) is 75.5. The number of hydrogen-bond donors (Lipinski definition) is 13. The van der Waals surface area contributed by atoms with Crippen molar-refractivity contribution in [2.24, 2.45) is 5.73 Å². The van der Waals surface area contributed by atoms with Gasteiger partial charge in [0.25, 0.3) is 0 Å². The molecule has 4 aromatic rings. The topological polar surface area (TPSA) is 530 Å². The minimum Gasteiger partial charge on any atom is -0.744 e. The number of carboxylic acids is 1. The number of amides is 9. The molecule has 734 valence electrons. The maximum atomic E-state index is 14.6. The number of primary amides is 1. The molecular formula is C90H125F4N11O23P2S3. The molecule has 34 nitrogen and oxygen atoms in total. The second-order valence-electron chi connectivity index (χ2n) is 32.9. The predicted molar refractivity (Wildman–Crippen MR) is 493 cm³/mol. The summed E-state index contributed by atoms with van der Waals surface area (Å²) in [6.07, 6.45) is 12.8. The van der Waals surface area contributed by atoms with Crippen LogP contribution >= 0.6 is 27.0 Å². The number of carbonyl (C=O) groups is 10. The van der Waals surface area contributed by atoms with Crippen molar-refractivity contribution >= 4 is 123 Å². The summed E-state index contributed by atoms with van der Waals surface area (Å²) in [7, 11) is -21.7. The third-order valence-corrected chi connectivity index (χ3v) is 28.6. The molecule has 7 rings (SSSR count). The number of halogens is 4. The Kier molecular flexibility index (Phi) is 43.6. The van der Waals surface area contributed by atoms with E-state index in [2.05, 4.69) is 53.0 Å². The van der Waals surface area contributed by atoms with Crippen LogP contribution in [0.5, 0.6) is 0 Å². The fraction of sp³-hybridized carbons (Fsp3) is 0.544. The number of sulfonamides is 1. The van der Waals surface area contributed by atoms with Gasteiger partial charge < -0.3 is 76.2 Å². The van der Waals surface area contributed by atoms with Crippen molar-refractivity contribution in [1.82, 2.24) is 46.1 Å². The molecule has 0 saturated carbocycles. The second kappa shape index (κ2) is 52.5. The third-order valence-electron chi connectivity index (χ3n) is 23.0. The lowest BCUT2D eigenvalue weighted by Gasteiger charge is -2.23. The average Bonchev–Trinajstić information content (AvgIpc) is 0.973. The van der Waals surface area contributed by atoms with E-state index in [4.69, 9.17) is 19.9 Å². The summed E-state index contributed by atoms with van der Waals surface area (Å²) in [6, 6.07) is 15.5. The van der Waals surface area contributed by atoms with Crippen LogP contribution in [0.1, 0.15) is 224 Å². The van der Waals surface area contributed by atoms with Crippen LogP contribution in [-0.2, 0) is 101 Å². The Hall–Kier alpha value is -9.54. The molecule has 1 aliphatic carbocycles. The van der Waals surface area contributed by atoms with E-state index in [9.17, 15) is 111 Å². The zero-order valence-corrected chi connectivity index (χ0v) is 79.7. The number of aryl methyl sites for hydroxylation is 1. The first kappa shape index (κ1) is 110. The molecule has 4 aromatic carbocycles. The van der Waals surface area contributed by atoms with Gasteiger partial charge in [-0.2, -0.15) is 17.6 Å². The molecule has 5 atom stereocenters. The van der Waals surface area contributed by atoms with Gasteiger partial charge in [0.1, 0.15) is 58.7 Å². The fourth-order valence-electron chi connectivity index (χ4n) is 15.4. The van der Waals surface area contributed by atoms with Crippen molar-refractivity contribution < 1.29 is 125 Å². The number of benzene rings is 5. The Morgan fingerprint density at radius 3 is 1.64 bits per heavy atom. The second-order valence-corrected chi connectivity index (χ2v) is 40.5. The van der Waals surface area contributed by atoms with Gasteiger partial charge in [0, 0.05) is 128 Å². The predicted octanol–water partition coefficient (Wildman–Crippen LogP) is 10.4. The molecule has 0 spiro atoms. The quantitative estimate of drug-likeness (QED) is 0.00321. The van der Waals surface area contributed by atoms with E-state index in [1.165, 1.54) is 57.1 Å². The monoisotopic (exact) mass is 1960 g/mol. The van der Waals surface area contributed by atoms with Crippen molar-refractivity contribution in [2.45, 2.75) is 265 Å². The van der Waals surface area contributed by atoms with Gasteiger partial charge in [-0.3, -0.25) is 62.0 Å². The van der Waals surface area contributed by atoms with E-state index in [1.807, 2.05) is 52.0 Å². The molecular weight excluding hydrogens is 1840 g/mol. The first-order chi connectivity index (χ1) is 62.9. The number of unbranched alkanes of at least 4 members (excludes halogenated alkanes) is 16. The average molecular weight is 1960 g/mol. The Bertz CT molecular complexity index is 5370. The van der Waals surface area contributed by atoms with Crippen LogP contribution in [0, 0.1) is 0 Å². The first-order valence-corrected chi connectivity index (χ1v) is 52.3. The van der Waals surface area contributed by atoms with Gasteiger partial charge >= 0.3 is 32.5 Å². The number of nitrogens with one attached hydrogen (secondary N) is 7. The highest BCUT2D eigenvalue weighted by molar-refractivity contribution is 8.00. The van der Waals surface area contributed by atoms with Crippen molar-refractivity contribution in [2.75, 3.05) is 63.0 Å². The van der Waals surface area contributed by atoms with Crippen molar-refractivity contribution in [3.63, 3.8) is 0 Å². The van der Waals surface area contributed by atoms with Gasteiger partial charge in [-0.05, 0) is 127 Å². The molecule has 2 heterocycles. The van der Waals surface area contributed by atoms with Gasteiger partial charge in [-0.15, -0.1) is 11.8 Å². The van der Waals surface area contributed by atoms with Crippen molar-refractivity contribution in [3.05, 3.63) is 131 Å². The number of alkyl halides is 4. The largest absolute Gasteiger partial charge is 0.744 e. The molecule has 2 aliphatic heterocycles. The van der Waals surface area contributed by atoms with Gasteiger partial charge in [0.2, 0.25) is 68.5 Å². The highest BCUT2D eigenvalue weighted by atomic mass is 32.2. The van der Waals surface area contributed by atoms with Crippen LogP contribution in [0.3, 0.4) is 0 Å². The SMILES string of the molecule is CCCCCCCCCCCCCCNC(=O)[C@@H](CCCCNS(=O)(=O)c1ccc(-c2c3ccc(=[N+](CC)CC)cc-3oc3cc(N(CC)CC)ccc23)c(S(=O)(=O)[O-])c1)NC(=O)CCCCCN1C(=O)CC(SC[C@H](NC(=O)CCCCCNC(=O)[C@H](Cc2ccc(C(F)(F)P(=O)(O)O)cc2)NC(=O)[C@H](CC(=O)O)NC(=O)CCc2ccc(C(F)(F)P(=O)(O)O)cc2)C(N)=O)C1=O. The van der Waals surface area contributed by atoms with E-state index < -0.39 is 175 Å². The summed E-state index contributed by atoms with van der Waals surface area (Å²) in [4.78, 5) is 171. The van der Waals surface area contributed by atoms with Crippen LogP contribution in [-0.4, -0.2) is 198 Å². The van der Waals surface area contributed by atoms with Crippen LogP contribution in [0.25, 0.3) is 33.4 Å². The van der Waals surface area contributed by atoms with Gasteiger partial charge in [-0.25, -0.2) is 26.1 Å². The van der Waals surface area contributed by atoms with Gasteiger partial charge in [0.15, 0.2) is 0 Å². The molecule has 14 N–H and O–H groups in total. The smallest absolute Gasteiger partial charge is 0.399 e. The molecule has 1 fully saturated rings. The van der Waals surface area contributed by atoms with Gasteiger partial charge in [-0.1, -0.05) is 145 Å². The molecule has 1 saturated heterocycles. The highest BCUT2D eigenvalue weighted by Crippen LogP contribution is 2.60. The number of aliphatic carboxylic acids is 1. The van der Waals surface area contributed by atoms with Crippen LogP contribution in [0.15, 0.2) is 117 Å². The highest BCUT2D eigenvalue weighted by Gasteiger charge is 2.51. The first-order valence-electron chi connectivity index (χ1n) is 45.1. The Morgan fingerprint density at radius 1 is 0.586 bits per heavy atom. The molecule has 0 bridgehead atoms. The van der Waals surface area contributed by atoms with E-state index >= 15 is 0 Å². The number of anilines is 1. The normalized spacial score (nSPS) is 14.3.